The predicted molar refractivity (Wildman–Crippen MR) is 98.4 cm³/mol. The van der Waals surface area contributed by atoms with Crippen LogP contribution < -0.4 is 0 Å². The van der Waals surface area contributed by atoms with E-state index in [4.69, 9.17) is 10.2 Å². The van der Waals surface area contributed by atoms with Crippen LogP contribution in [0.4, 0.5) is 0 Å². The maximum atomic E-state index is 4.83. The molecule has 0 radical (unpaired) electrons. The molecular formula is C16H20N4S2. The molecule has 2 aromatic rings. The highest BCUT2D eigenvalue weighted by atomic mass is 32.2. The second-order valence-corrected chi connectivity index (χ2v) is 7.53. The quantitative estimate of drug-likeness (QED) is 0.832. The van der Waals surface area contributed by atoms with E-state index in [2.05, 4.69) is 52.0 Å². The van der Waals surface area contributed by atoms with Gasteiger partial charge in [-0.15, -0.1) is 23.5 Å². The summed E-state index contributed by atoms with van der Waals surface area (Å²) in [5, 5.41) is 11.7. The van der Waals surface area contributed by atoms with E-state index in [0.29, 0.717) is 0 Å². The summed E-state index contributed by atoms with van der Waals surface area (Å²) in [6, 6.07) is 8.38. The molecule has 3 rings (SSSR count). The van der Waals surface area contributed by atoms with Crippen molar-refractivity contribution in [2.75, 3.05) is 11.5 Å². The fourth-order valence-corrected chi connectivity index (χ4v) is 4.38. The van der Waals surface area contributed by atoms with Crippen molar-refractivity contribution in [1.29, 1.82) is 0 Å². The molecule has 1 fully saturated rings. The number of thioether (sulfide) groups is 2. The summed E-state index contributed by atoms with van der Waals surface area (Å²) in [5.41, 5.74) is 4.59. The van der Waals surface area contributed by atoms with Crippen LogP contribution in [0.25, 0.3) is 0 Å². The number of hydrogen-bond donors (Lipinski definition) is 0. The van der Waals surface area contributed by atoms with Gasteiger partial charge in [-0.25, -0.2) is 9.35 Å². The molecule has 0 atom stereocenters. The highest BCUT2D eigenvalue weighted by molar-refractivity contribution is 8.27. The number of aromatic nitrogens is 2. The Labute approximate surface area is 139 Å². The van der Waals surface area contributed by atoms with Crippen LogP contribution >= 0.6 is 23.5 Å². The lowest BCUT2D eigenvalue weighted by Crippen LogP contribution is -2.18. The van der Waals surface area contributed by atoms with Gasteiger partial charge in [0.15, 0.2) is 10.1 Å². The highest BCUT2D eigenvalue weighted by Crippen LogP contribution is 2.24. The fourth-order valence-electron chi connectivity index (χ4n) is 2.36. The normalized spacial score (nSPS) is 19.3. The first-order valence-electron chi connectivity index (χ1n) is 7.30. The molecule has 0 N–H and O–H groups in total. The molecule has 0 amide bonds. The van der Waals surface area contributed by atoms with Gasteiger partial charge in [-0.2, -0.15) is 10.2 Å². The minimum Gasteiger partial charge on any atom is -0.241 e. The number of aryl methyl sites for hydroxylation is 4. The van der Waals surface area contributed by atoms with Crippen LogP contribution in [-0.2, 0) is 0 Å². The molecule has 0 spiro atoms. The third-order valence-electron chi connectivity index (χ3n) is 3.59. The van der Waals surface area contributed by atoms with Crippen LogP contribution in [0, 0.1) is 27.7 Å². The lowest BCUT2D eigenvalue weighted by Gasteiger charge is -2.16. The molecule has 0 aromatic carbocycles. The highest BCUT2D eigenvalue weighted by Gasteiger charge is 2.19. The molecule has 0 saturated carbocycles. The van der Waals surface area contributed by atoms with Gasteiger partial charge >= 0.3 is 0 Å². The smallest absolute Gasteiger partial charge is 0.151 e. The van der Waals surface area contributed by atoms with Crippen LogP contribution in [0.1, 0.15) is 22.8 Å². The van der Waals surface area contributed by atoms with Gasteiger partial charge in [-0.05, 0) is 52.0 Å². The van der Waals surface area contributed by atoms with Crippen molar-refractivity contribution >= 4 is 33.6 Å². The van der Waals surface area contributed by atoms with Gasteiger partial charge in [0.25, 0.3) is 0 Å². The molecule has 6 heteroatoms. The van der Waals surface area contributed by atoms with E-state index in [1.54, 1.807) is 23.5 Å². The van der Waals surface area contributed by atoms with E-state index in [1.807, 2.05) is 9.35 Å². The van der Waals surface area contributed by atoms with Gasteiger partial charge in [0.05, 0.1) is 0 Å². The molecule has 0 aliphatic carbocycles. The second kappa shape index (κ2) is 6.38. The standard InChI is InChI=1S/C16H20N4S2/c1-11-5-6-12(2)19(11)17-15-16(22-10-9-21-15)18-20-13(3)7-8-14(20)4/h5-8H,9-10H2,1-4H3/b17-15-,18-16+. The summed E-state index contributed by atoms with van der Waals surface area (Å²) in [7, 11) is 0. The van der Waals surface area contributed by atoms with Crippen molar-refractivity contribution in [3.8, 4) is 0 Å². The molecule has 1 aliphatic heterocycles. The van der Waals surface area contributed by atoms with E-state index in [9.17, 15) is 0 Å². The Hall–Kier alpha value is -1.40. The van der Waals surface area contributed by atoms with Gasteiger partial charge in [0.1, 0.15) is 0 Å². The van der Waals surface area contributed by atoms with Crippen molar-refractivity contribution in [1.82, 2.24) is 9.35 Å². The summed E-state index contributed by atoms with van der Waals surface area (Å²) in [4.78, 5) is 0. The monoisotopic (exact) mass is 332 g/mol. The van der Waals surface area contributed by atoms with Crippen LogP contribution in [0.5, 0.6) is 0 Å². The van der Waals surface area contributed by atoms with Crippen LogP contribution in [-0.4, -0.2) is 30.9 Å². The Morgan fingerprint density at radius 2 is 1.00 bits per heavy atom. The van der Waals surface area contributed by atoms with E-state index in [0.717, 1.165) is 44.4 Å². The predicted octanol–water partition coefficient (Wildman–Crippen LogP) is 4.03. The molecule has 3 heterocycles. The van der Waals surface area contributed by atoms with Crippen LogP contribution in [0.15, 0.2) is 34.5 Å². The zero-order chi connectivity index (χ0) is 15.7. The molecule has 2 aromatic heterocycles. The zero-order valence-corrected chi connectivity index (χ0v) is 15.0. The minimum atomic E-state index is 1.01. The Balaban J connectivity index is 2.02. The largest absolute Gasteiger partial charge is 0.241 e. The molecule has 1 saturated heterocycles. The number of nitrogens with zero attached hydrogens (tertiary/aromatic N) is 4. The summed E-state index contributed by atoms with van der Waals surface area (Å²) >= 11 is 3.57. The van der Waals surface area contributed by atoms with Gasteiger partial charge in [-0.1, -0.05) is 0 Å². The minimum absolute atomic E-state index is 1.01. The van der Waals surface area contributed by atoms with Crippen molar-refractivity contribution in [3.05, 3.63) is 47.0 Å². The zero-order valence-electron chi connectivity index (χ0n) is 13.3. The Kier molecular flexibility index (Phi) is 4.49. The lowest BCUT2D eigenvalue weighted by atomic mass is 10.5. The summed E-state index contributed by atoms with van der Waals surface area (Å²) < 4.78 is 4.00. The van der Waals surface area contributed by atoms with E-state index in [-0.39, 0.29) is 0 Å². The van der Waals surface area contributed by atoms with E-state index < -0.39 is 0 Å². The van der Waals surface area contributed by atoms with Crippen molar-refractivity contribution in [2.24, 2.45) is 10.2 Å². The molecular weight excluding hydrogens is 312 g/mol. The first-order valence-corrected chi connectivity index (χ1v) is 9.27. The van der Waals surface area contributed by atoms with Gasteiger partial charge in [-0.3, -0.25) is 0 Å². The molecule has 22 heavy (non-hydrogen) atoms. The summed E-state index contributed by atoms with van der Waals surface area (Å²) in [5.74, 6) is 2.15. The lowest BCUT2D eigenvalue weighted by molar-refractivity contribution is 0.811. The first-order chi connectivity index (χ1) is 10.6. The maximum Gasteiger partial charge on any atom is 0.151 e. The van der Waals surface area contributed by atoms with Gasteiger partial charge < -0.3 is 0 Å². The fraction of sp³-hybridized carbons (Fsp3) is 0.375. The Morgan fingerprint density at radius 3 is 1.32 bits per heavy atom. The van der Waals surface area contributed by atoms with Crippen LogP contribution in [0.3, 0.4) is 0 Å². The van der Waals surface area contributed by atoms with Crippen LogP contribution in [0.2, 0.25) is 0 Å². The molecule has 0 bridgehead atoms. The first kappa shape index (κ1) is 15.5. The molecule has 1 aliphatic rings. The van der Waals surface area contributed by atoms with Gasteiger partial charge in [0, 0.05) is 34.3 Å². The Morgan fingerprint density at radius 1 is 0.682 bits per heavy atom. The van der Waals surface area contributed by atoms with Crippen molar-refractivity contribution < 1.29 is 0 Å². The third kappa shape index (κ3) is 3.03. The second-order valence-electron chi connectivity index (χ2n) is 5.36. The third-order valence-corrected chi connectivity index (χ3v) is 5.89. The number of rotatable bonds is 2. The average molecular weight is 332 g/mol. The van der Waals surface area contributed by atoms with Crippen molar-refractivity contribution in [2.45, 2.75) is 27.7 Å². The molecule has 116 valence electrons. The van der Waals surface area contributed by atoms with Gasteiger partial charge in [0.2, 0.25) is 0 Å². The molecule has 0 unspecified atom stereocenters. The SMILES string of the molecule is Cc1ccc(C)n1/N=C1\SCCS\C1=N\n1c(C)ccc1C. The maximum absolute atomic E-state index is 4.83. The Bertz CT molecular complexity index is 649. The number of hydrogen-bond acceptors (Lipinski definition) is 4. The molecule has 4 nitrogen and oxygen atoms in total. The van der Waals surface area contributed by atoms with Crippen molar-refractivity contribution in [3.63, 3.8) is 0 Å². The summed E-state index contributed by atoms with van der Waals surface area (Å²) in [6.45, 7) is 8.31. The topological polar surface area (TPSA) is 34.6 Å². The average Bonchev–Trinajstić information content (AvgIpc) is 2.99. The summed E-state index contributed by atoms with van der Waals surface area (Å²) in [6.07, 6.45) is 0. The van der Waals surface area contributed by atoms with E-state index >= 15 is 0 Å². The van der Waals surface area contributed by atoms with E-state index in [1.165, 1.54) is 0 Å².